The summed E-state index contributed by atoms with van der Waals surface area (Å²) >= 11 is 0. The van der Waals surface area contributed by atoms with E-state index < -0.39 is 0 Å². The van der Waals surface area contributed by atoms with E-state index in [-0.39, 0.29) is 5.91 Å². The number of hydrogen-bond acceptors (Lipinski definition) is 4. The molecule has 0 saturated carbocycles. The maximum absolute atomic E-state index is 11.6. The Morgan fingerprint density at radius 2 is 2.00 bits per heavy atom. The normalized spacial score (nSPS) is 23.4. The van der Waals surface area contributed by atoms with Gasteiger partial charge >= 0.3 is 0 Å². The minimum Gasteiger partial charge on any atom is -0.379 e. The number of nitrogens with zero attached hydrogens (tertiary/aromatic N) is 3. The molecule has 0 aliphatic carbocycles. The van der Waals surface area contributed by atoms with Gasteiger partial charge in [-0.2, -0.15) is 5.10 Å². The predicted molar refractivity (Wildman–Crippen MR) is 61.3 cm³/mol. The summed E-state index contributed by atoms with van der Waals surface area (Å²) in [5.74, 6) is 0.152. The standard InChI is InChI=1S/C11H19N3O2/c1-10-2-3-11(15)14(12-10)5-4-13-6-8-16-9-7-13/h2-9H2,1H3. The molecule has 1 saturated heterocycles. The van der Waals surface area contributed by atoms with Crippen LogP contribution in [0.4, 0.5) is 0 Å². The lowest BCUT2D eigenvalue weighted by Gasteiger charge is -2.29. The number of morpholine rings is 1. The largest absolute Gasteiger partial charge is 0.379 e. The lowest BCUT2D eigenvalue weighted by Crippen LogP contribution is -2.42. The van der Waals surface area contributed by atoms with Crippen LogP contribution in [0.15, 0.2) is 5.10 Å². The average Bonchev–Trinajstić information content (AvgIpc) is 2.32. The van der Waals surface area contributed by atoms with Gasteiger partial charge in [-0.25, -0.2) is 5.01 Å². The molecule has 90 valence electrons. The molecule has 2 heterocycles. The van der Waals surface area contributed by atoms with Crippen LogP contribution in [0.1, 0.15) is 19.8 Å². The molecule has 0 aromatic heterocycles. The second-order valence-electron chi connectivity index (χ2n) is 4.31. The Balaban J connectivity index is 1.79. The number of carbonyl (C=O) groups excluding carboxylic acids is 1. The quantitative estimate of drug-likeness (QED) is 0.694. The molecular formula is C11H19N3O2. The highest BCUT2D eigenvalue weighted by Gasteiger charge is 2.19. The number of amides is 1. The molecule has 5 heteroatoms. The molecule has 2 aliphatic rings. The summed E-state index contributed by atoms with van der Waals surface area (Å²) in [5, 5.41) is 5.91. The molecule has 1 fully saturated rings. The number of hydrogen-bond donors (Lipinski definition) is 0. The Morgan fingerprint density at radius 1 is 1.25 bits per heavy atom. The van der Waals surface area contributed by atoms with E-state index in [1.54, 1.807) is 5.01 Å². The molecule has 0 unspecified atom stereocenters. The molecule has 2 aliphatic heterocycles. The van der Waals surface area contributed by atoms with Crippen molar-refractivity contribution in [1.82, 2.24) is 9.91 Å². The van der Waals surface area contributed by atoms with Crippen molar-refractivity contribution in [2.45, 2.75) is 19.8 Å². The summed E-state index contributed by atoms with van der Waals surface area (Å²) in [6, 6.07) is 0. The van der Waals surface area contributed by atoms with Crippen molar-refractivity contribution in [2.24, 2.45) is 5.10 Å². The van der Waals surface area contributed by atoms with Crippen LogP contribution in [0.25, 0.3) is 0 Å². The third-order valence-corrected chi connectivity index (χ3v) is 3.01. The van der Waals surface area contributed by atoms with E-state index in [4.69, 9.17) is 4.74 Å². The molecule has 0 bridgehead atoms. The molecule has 0 atom stereocenters. The Morgan fingerprint density at radius 3 is 2.75 bits per heavy atom. The zero-order valence-corrected chi connectivity index (χ0v) is 9.81. The summed E-state index contributed by atoms with van der Waals surface area (Å²) in [5.41, 5.74) is 1.06. The SMILES string of the molecule is CC1=NN(CCN2CCOCC2)C(=O)CC1. The van der Waals surface area contributed by atoms with Crippen LogP contribution in [0.2, 0.25) is 0 Å². The Labute approximate surface area is 96.0 Å². The van der Waals surface area contributed by atoms with Gasteiger partial charge in [-0.15, -0.1) is 0 Å². The number of rotatable bonds is 3. The van der Waals surface area contributed by atoms with Crippen LogP contribution in [-0.2, 0) is 9.53 Å². The minimum absolute atomic E-state index is 0.152. The third-order valence-electron chi connectivity index (χ3n) is 3.01. The highest BCUT2D eigenvalue weighted by molar-refractivity contribution is 5.91. The topological polar surface area (TPSA) is 45.1 Å². The number of ether oxygens (including phenoxy) is 1. The monoisotopic (exact) mass is 225 g/mol. The van der Waals surface area contributed by atoms with Crippen molar-refractivity contribution in [3.63, 3.8) is 0 Å². The van der Waals surface area contributed by atoms with Gasteiger partial charge in [-0.1, -0.05) is 0 Å². The van der Waals surface area contributed by atoms with Gasteiger partial charge in [0, 0.05) is 31.8 Å². The van der Waals surface area contributed by atoms with E-state index in [1.165, 1.54) is 0 Å². The average molecular weight is 225 g/mol. The molecular weight excluding hydrogens is 206 g/mol. The van der Waals surface area contributed by atoms with Gasteiger partial charge in [0.2, 0.25) is 5.91 Å². The number of carbonyl (C=O) groups is 1. The second-order valence-corrected chi connectivity index (χ2v) is 4.31. The van der Waals surface area contributed by atoms with E-state index in [9.17, 15) is 4.79 Å². The maximum Gasteiger partial charge on any atom is 0.243 e. The molecule has 0 N–H and O–H groups in total. The van der Waals surface area contributed by atoms with Crippen molar-refractivity contribution >= 4 is 11.6 Å². The molecule has 0 aromatic rings. The van der Waals surface area contributed by atoms with Crippen molar-refractivity contribution < 1.29 is 9.53 Å². The van der Waals surface area contributed by atoms with Crippen LogP contribution < -0.4 is 0 Å². The van der Waals surface area contributed by atoms with E-state index >= 15 is 0 Å². The molecule has 2 rings (SSSR count). The first-order chi connectivity index (χ1) is 7.75. The van der Waals surface area contributed by atoms with Crippen LogP contribution in [-0.4, -0.2) is 60.9 Å². The fourth-order valence-electron chi connectivity index (χ4n) is 1.96. The van der Waals surface area contributed by atoms with Crippen LogP contribution in [0, 0.1) is 0 Å². The highest BCUT2D eigenvalue weighted by atomic mass is 16.5. The lowest BCUT2D eigenvalue weighted by molar-refractivity contribution is -0.132. The van der Waals surface area contributed by atoms with E-state index in [1.807, 2.05) is 6.92 Å². The molecule has 16 heavy (non-hydrogen) atoms. The summed E-state index contributed by atoms with van der Waals surface area (Å²) in [4.78, 5) is 13.9. The predicted octanol–water partition coefficient (Wildman–Crippen LogP) is 0.317. The van der Waals surface area contributed by atoms with Crippen molar-refractivity contribution in [2.75, 3.05) is 39.4 Å². The molecule has 5 nitrogen and oxygen atoms in total. The Bertz CT molecular complexity index is 285. The summed E-state index contributed by atoms with van der Waals surface area (Å²) in [7, 11) is 0. The van der Waals surface area contributed by atoms with Crippen LogP contribution >= 0.6 is 0 Å². The summed E-state index contributed by atoms with van der Waals surface area (Å²) in [6.45, 7) is 7.11. The van der Waals surface area contributed by atoms with E-state index in [0.29, 0.717) is 13.0 Å². The van der Waals surface area contributed by atoms with Crippen molar-refractivity contribution in [3.05, 3.63) is 0 Å². The molecule has 0 radical (unpaired) electrons. The minimum atomic E-state index is 0.152. The van der Waals surface area contributed by atoms with Gasteiger partial charge in [-0.3, -0.25) is 9.69 Å². The van der Waals surface area contributed by atoms with Gasteiger partial charge in [0.05, 0.1) is 19.8 Å². The zero-order valence-electron chi connectivity index (χ0n) is 9.81. The highest BCUT2D eigenvalue weighted by Crippen LogP contribution is 2.09. The van der Waals surface area contributed by atoms with Gasteiger partial charge in [0.15, 0.2) is 0 Å². The molecule has 0 aromatic carbocycles. The maximum atomic E-state index is 11.6. The molecule has 0 spiro atoms. The van der Waals surface area contributed by atoms with Crippen molar-refractivity contribution in [3.8, 4) is 0 Å². The first kappa shape index (κ1) is 11.5. The third kappa shape index (κ3) is 3.02. The lowest BCUT2D eigenvalue weighted by atomic mass is 10.2. The molecule has 1 amide bonds. The van der Waals surface area contributed by atoms with Gasteiger partial charge in [0.25, 0.3) is 0 Å². The fourth-order valence-corrected chi connectivity index (χ4v) is 1.96. The summed E-state index contributed by atoms with van der Waals surface area (Å²) < 4.78 is 5.28. The summed E-state index contributed by atoms with van der Waals surface area (Å²) in [6.07, 6.45) is 1.42. The Hall–Kier alpha value is -0.940. The van der Waals surface area contributed by atoms with Crippen molar-refractivity contribution in [1.29, 1.82) is 0 Å². The zero-order chi connectivity index (χ0) is 11.4. The van der Waals surface area contributed by atoms with Gasteiger partial charge in [-0.05, 0) is 13.3 Å². The first-order valence-corrected chi connectivity index (χ1v) is 5.90. The smallest absolute Gasteiger partial charge is 0.243 e. The number of hydrazone groups is 1. The first-order valence-electron chi connectivity index (χ1n) is 5.90. The fraction of sp³-hybridized carbons (Fsp3) is 0.818. The van der Waals surface area contributed by atoms with E-state index in [0.717, 1.165) is 45.0 Å². The second kappa shape index (κ2) is 5.41. The van der Waals surface area contributed by atoms with Gasteiger partial charge < -0.3 is 4.74 Å². The van der Waals surface area contributed by atoms with Crippen LogP contribution in [0.5, 0.6) is 0 Å². The van der Waals surface area contributed by atoms with Gasteiger partial charge in [0.1, 0.15) is 0 Å². The van der Waals surface area contributed by atoms with Crippen LogP contribution in [0.3, 0.4) is 0 Å². The van der Waals surface area contributed by atoms with E-state index in [2.05, 4.69) is 10.0 Å². The Kier molecular flexibility index (Phi) is 3.90.